The maximum Gasteiger partial charge on any atom is 0.131 e. The average molecular weight is 352 g/mol. The first-order chi connectivity index (χ1) is 13.2. The van der Waals surface area contributed by atoms with Crippen molar-refractivity contribution in [1.29, 1.82) is 0 Å². The minimum Gasteiger partial charge on any atom is -0.338 e. The van der Waals surface area contributed by atoms with Crippen molar-refractivity contribution in [3.63, 3.8) is 0 Å². The molecule has 0 radical (unpaired) electrons. The Hall–Kier alpha value is -3.13. The number of benzene rings is 3. The second-order valence-corrected chi connectivity index (χ2v) is 6.96. The molecule has 134 valence electrons. The number of rotatable bonds is 4. The molecule has 2 heteroatoms. The predicted octanol–water partition coefficient (Wildman–Crippen LogP) is 6.58. The molecule has 0 fully saturated rings. The molecule has 0 spiro atoms. The lowest BCUT2D eigenvalue weighted by atomic mass is 9.93. The van der Waals surface area contributed by atoms with Gasteiger partial charge in [-0.25, -0.2) is 4.98 Å². The molecule has 0 atom stereocenters. The smallest absolute Gasteiger partial charge is 0.131 e. The summed E-state index contributed by atoms with van der Waals surface area (Å²) in [5.41, 5.74) is 9.82. The van der Waals surface area contributed by atoms with Gasteiger partial charge in [0.15, 0.2) is 0 Å². The van der Waals surface area contributed by atoms with E-state index in [0.717, 1.165) is 23.3 Å². The highest BCUT2D eigenvalue weighted by atomic mass is 14.9. The number of imidazole rings is 1. The number of aromatic nitrogens is 2. The van der Waals surface area contributed by atoms with Crippen LogP contribution in [0.15, 0.2) is 60.7 Å². The van der Waals surface area contributed by atoms with Crippen molar-refractivity contribution in [2.75, 3.05) is 0 Å². The van der Waals surface area contributed by atoms with Crippen LogP contribution >= 0.6 is 0 Å². The molecule has 0 bridgehead atoms. The Kier molecular flexibility index (Phi) is 4.64. The van der Waals surface area contributed by atoms with Crippen molar-refractivity contribution in [3.8, 4) is 11.1 Å². The summed E-state index contributed by atoms with van der Waals surface area (Å²) in [4.78, 5) is 8.35. The van der Waals surface area contributed by atoms with Gasteiger partial charge in [0.25, 0.3) is 0 Å². The SMILES string of the molecule is CCc1c(-c2ccccc2)cc2[nH]c(C=Cc3ccccc3C)nc2c1C. The van der Waals surface area contributed by atoms with Crippen LogP contribution in [0, 0.1) is 13.8 Å². The zero-order chi connectivity index (χ0) is 18.8. The van der Waals surface area contributed by atoms with Gasteiger partial charge in [0.2, 0.25) is 0 Å². The van der Waals surface area contributed by atoms with Crippen molar-refractivity contribution >= 4 is 23.2 Å². The molecule has 1 heterocycles. The van der Waals surface area contributed by atoms with Crippen molar-refractivity contribution in [2.45, 2.75) is 27.2 Å². The number of nitrogens with one attached hydrogen (secondary N) is 1. The Morgan fingerprint density at radius 1 is 0.926 bits per heavy atom. The molecular formula is C25H24N2. The van der Waals surface area contributed by atoms with Crippen LogP contribution in [-0.4, -0.2) is 9.97 Å². The number of hydrogen-bond donors (Lipinski definition) is 1. The van der Waals surface area contributed by atoms with Gasteiger partial charge in [-0.1, -0.05) is 67.6 Å². The van der Waals surface area contributed by atoms with Gasteiger partial charge in [-0.2, -0.15) is 0 Å². The fraction of sp³-hybridized carbons (Fsp3) is 0.160. The Morgan fingerprint density at radius 3 is 2.41 bits per heavy atom. The first-order valence-corrected chi connectivity index (χ1v) is 9.48. The second kappa shape index (κ2) is 7.24. The fourth-order valence-electron chi connectivity index (χ4n) is 3.72. The molecule has 3 aromatic carbocycles. The standard InChI is InChI=1S/C25H24N2/c1-4-21-18(3)25-23(16-22(21)20-12-6-5-7-13-20)26-24(27-25)15-14-19-11-9-8-10-17(19)2/h5-16H,4H2,1-3H3,(H,26,27). The van der Waals surface area contributed by atoms with Gasteiger partial charge in [-0.3, -0.25) is 0 Å². The quantitative estimate of drug-likeness (QED) is 0.441. The molecule has 27 heavy (non-hydrogen) atoms. The zero-order valence-corrected chi connectivity index (χ0v) is 16.1. The Balaban J connectivity index is 1.81. The summed E-state index contributed by atoms with van der Waals surface area (Å²) in [5.74, 6) is 0.892. The molecule has 1 N–H and O–H groups in total. The molecule has 1 aromatic heterocycles. The summed E-state index contributed by atoms with van der Waals surface area (Å²) in [5, 5.41) is 0. The highest BCUT2D eigenvalue weighted by Gasteiger charge is 2.13. The minimum absolute atomic E-state index is 0.892. The lowest BCUT2D eigenvalue weighted by Crippen LogP contribution is -1.93. The van der Waals surface area contributed by atoms with E-state index < -0.39 is 0 Å². The summed E-state index contributed by atoms with van der Waals surface area (Å²) in [6.07, 6.45) is 5.18. The van der Waals surface area contributed by atoms with Crippen molar-refractivity contribution < 1.29 is 0 Å². The van der Waals surface area contributed by atoms with Gasteiger partial charge in [-0.15, -0.1) is 0 Å². The molecule has 0 aliphatic heterocycles. The number of H-pyrrole nitrogens is 1. The van der Waals surface area contributed by atoms with E-state index in [1.54, 1.807) is 0 Å². The molecule has 4 aromatic rings. The summed E-state index contributed by atoms with van der Waals surface area (Å²) in [7, 11) is 0. The van der Waals surface area contributed by atoms with Crippen LogP contribution in [-0.2, 0) is 6.42 Å². The minimum atomic E-state index is 0.892. The third kappa shape index (κ3) is 3.31. The Bertz CT molecular complexity index is 1120. The Morgan fingerprint density at radius 2 is 1.67 bits per heavy atom. The normalized spacial score (nSPS) is 11.5. The maximum absolute atomic E-state index is 4.86. The molecule has 0 unspecified atom stereocenters. The Labute approximate surface area is 160 Å². The fourth-order valence-corrected chi connectivity index (χ4v) is 3.72. The van der Waals surface area contributed by atoms with Crippen LogP contribution in [0.1, 0.15) is 35.0 Å². The second-order valence-electron chi connectivity index (χ2n) is 6.96. The summed E-state index contributed by atoms with van der Waals surface area (Å²) >= 11 is 0. The van der Waals surface area contributed by atoms with Crippen molar-refractivity contribution in [1.82, 2.24) is 9.97 Å². The van der Waals surface area contributed by atoms with Crippen LogP contribution in [0.3, 0.4) is 0 Å². The maximum atomic E-state index is 4.86. The van der Waals surface area contributed by atoms with Gasteiger partial charge in [0, 0.05) is 0 Å². The first kappa shape index (κ1) is 17.3. The summed E-state index contributed by atoms with van der Waals surface area (Å²) in [6, 6.07) is 21.2. The summed E-state index contributed by atoms with van der Waals surface area (Å²) < 4.78 is 0. The molecule has 2 nitrogen and oxygen atoms in total. The van der Waals surface area contributed by atoms with Crippen molar-refractivity contribution in [2.24, 2.45) is 0 Å². The zero-order valence-electron chi connectivity index (χ0n) is 16.1. The van der Waals surface area contributed by atoms with Crippen molar-refractivity contribution in [3.05, 3.63) is 88.7 Å². The van der Waals surface area contributed by atoms with Crippen LogP contribution in [0.25, 0.3) is 34.3 Å². The number of aryl methyl sites for hydroxylation is 2. The van der Waals surface area contributed by atoms with Gasteiger partial charge in [0.05, 0.1) is 11.0 Å². The number of fused-ring (bicyclic) bond motifs is 1. The third-order valence-corrected chi connectivity index (χ3v) is 5.22. The topological polar surface area (TPSA) is 28.7 Å². The molecular weight excluding hydrogens is 328 g/mol. The number of nitrogens with zero attached hydrogens (tertiary/aromatic N) is 1. The van der Waals surface area contributed by atoms with E-state index in [1.807, 2.05) is 0 Å². The number of aromatic amines is 1. The van der Waals surface area contributed by atoms with Gasteiger partial charge in [0.1, 0.15) is 5.82 Å². The van der Waals surface area contributed by atoms with E-state index >= 15 is 0 Å². The highest BCUT2D eigenvalue weighted by Crippen LogP contribution is 2.32. The summed E-state index contributed by atoms with van der Waals surface area (Å²) in [6.45, 7) is 6.53. The van der Waals surface area contributed by atoms with Gasteiger partial charge >= 0.3 is 0 Å². The third-order valence-electron chi connectivity index (χ3n) is 5.22. The highest BCUT2D eigenvalue weighted by molar-refractivity contribution is 5.89. The molecule has 0 saturated carbocycles. The lowest BCUT2D eigenvalue weighted by molar-refractivity contribution is 1.12. The van der Waals surface area contributed by atoms with Crippen LogP contribution in [0.4, 0.5) is 0 Å². The largest absolute Gasteiger partial charge is 0.338 e. The number of hydrogen-bond acceptors (Lipinski definition) is 1. The van der Waals surface area contributed by atoms with E-state index in [4.69, 9.17) is 4.98 Å². The monoisotopic (exact) mass is 352 g/mol. The van der Waals surface area contributed by atoms with Gasteiger partial charge < -0.3 is 4.98 Å². The molecule has 0 saturated heterocycles. The van der Waals surface area contributed by atoms with E-state index in [9.17, 15) is 0 Å². The van der Waals surface area contributed by atoms with E-state index in [0.29, 0.717) is 0 Å². The molecule has 0 aliphatic carbocycles. The van der Waals surface area contributed by atoms with Crippen LogP contribution in [0.2, 0.25) is 0 Å². The molecule has 0 amide bonds. The van der Waals surface area contributed by atoms with Crippen LogP contribution in [0.5, 0.6) is 0 Å². The first-order valence-electron chi connectivity index (χ1n) is 9.48. The van der Waals surface area contributed by atoms with Gasteiger partial charge in [-0.05, 0) is 65.8 Å². The molecule has 0 aliphatic rings. The van der Waals surface area contributed by atoms with E-state index in [2.05, 4.69) is 98.6 Å². The van der Waals surface area contributed by atoms with E-state index in [1.165, 1.54) is 33.4 Å². The average Bonchev–Trinajstić information content (AvgIpc) is 3.11. The molecule has 4 rings (SSSR count). The van der Waals surface area contributed by atoms with E-state index in [-0.39, 0.29) is 0 Å². The predicted molar refractivity (Wildman–Crippen MR) is 116 cm³/mol. The lowest BCUT2D eigenvalue weighted by Gasteiger charge is -2.12. The van der Waals surface area contributed by atoms with Crippen LogP contribution < -0.4 is 0 Å².